The van der Waals surface area contributed by atoms with E-state index in [4.69, 9.17) is 4.74 Å². The first-order valence-corrected chi connectivity index (χ1v) is 10.4. The fourth-order valence-corrected chi connectivity index (χ4v) is 5.03. The lowest BCUT2D eigenvalue weighted by Crippen LogP contribution is -2.48. The lowest BCUT2D eigenvalue weighted by atomic mass is 9.98. The Morgan fingerprint density at radius 3 is 2.32 bits per heavy atom. The number of sulfonamides is 1. The van der Waals surface area contributed by atoms with E-state index in [1.807, 2.05) is 11.8 Å². The van der Waals surface area contributed by atoms with Crippen LogP contribution in [-0.2, 0) is 14.8 Å². The molecule has 1 aromatic rings. The first-order chi connectivity index (χ1) is 12.0. The minimum absolute atomic E-state index is 0.00693. The zero-order chi connectivity index (χ0) is 18.0. The summed E-state index contributed by atoms with van der Waals surface area (Å²) in [5, 5.41) is 0. The number of rotatable bonds is 6. The van der Waals surface area contributed by atoms with E-state index in [1.165, 1.54) is 12.1 Å². The molecular weight excluding hydrogens is 340 g/mol. The number of amides is 1. The standard InChI is InChI=1S/C18H26N2O4S/c1-3-10-19-25(22,23)17-8-4-13(5-9-17)18(21)20-14-6-7-15(20)12-16(11-14)24-2/h4-5,8-9,14-16,19H,3,6-7,10-12H2,1-2H3/t14-,15+,16?. The lowest BCUT2D eigenvalue weighted by Gasteiger charge is -2.38. The zero-order valence-electron chi connectivity index (χ0n) is 14.8. The van der Waals surface area contributed by atoms with Gasteiger partial charge in [-0.25, -0.2) is 13.1 Å². The van der Waals surface area contributed by atoms with Gasteiger partial charge in [-0.15, -0.1) is 0 Å². The molecule has 2 heterocycles. The van der Waals surface area contributed by atoms with E-state index in [-0.39, 0.29) is 29.0 Å². The second-order valence-corrected chi connectivity index (χ2v) is 8.62. The maximum atomic E-state index is 12.9. The fourth-order valence-electron chi connectivity index (χ4n) is 3.90. The van der Waals surface area contributed by atoms with Gasteiger partial charge in [0, 0.05) is 31.3 Å². The Morgan fingerprint density at radius 1 is 1.20 bits per heavy atom. The molecule has 25 heavy (non-hydrogen) atoms. The topological polar surface area (TPSA) is 75.7 Å². The molecule has 1 unspecified atom stereocenters. The number of fused-ring (bicyclic) bond motifs is 2. The summed E-state index contributed by atoms with van der Waals surface area (Å²) in [7, 11) is -1.77. The van der Waals surface area contributed by atoms with E-state index >= 15 is 0 Å². The minimum Gasteiger partial charge on any atom is -0.381 e. The van der Waals surface area contributed by atoms with Crippen LogP contribution in [0.4, 0.5) is 0 Å². The maximum absolute atomic E-state index is 12.9. The highest BCUT2D eigenvalue weighted by atomic mass is 32.2. The second-order valence-electron chi connectivity index (χ2n) is 6.85. The Labute approximate surface area is 149 Å². The van der Waals surface area contributed by atoms with Crippen molar-refractivity contribution >= 4 is 15.9 Å². The molecule has 1 amide bonds. The molecule has 0 spiro atoms. The van der Waals surface area contributed by atoms with Crippen molar-refractivity contribution in [1.82, 2.24) is 9.62 Å². The Bertz CT molecular complexity index is 703. The van der Waals surface area contributed by atoms with Gasteiger partial charge in [-0.3, -0.25) is 4.79 Å². The molecule has 2 saturated heterocycles. The predicted molar refractivity (Wildman–Crippen MR) is 94.9 cm³/mol. The van der Waals surface area contributed by atoms with Gasteiger partial charge in [0.1, 0.15) is 0 Å². The van der Waals surface area contributed by atoms with Gasteiger partial charge in [0.05, 0.1) is 11.0 Å². The number of piperidine rings is 1. The Morgan fingerprint density at radius 2 is 1.80 bits per heavy atom. The summed E-state index contributed by atoms with van der Waals surface area (Å²) in [6.45, 7) is 2.31. The predicted octanol–water partition coefficient (Wildman–Crippen LogP) is 2.16. The van der Waals surface area contributed by atoms with Gasteiger partial charge >= 0.3 is 0 Å². The van der Waals surface area contributed by atoms with Crippen LogP contribution in [0.15, 0.2) is 29.2 Å². The first kappa shape index (κ1) is 18.4. The number of methoxy groups -OCH3 is 1. The summed E-state index contributed by atoms with van der Waals surface area (Å²) >= 11 is 0. The van der Waals surface area contributed by atoms with Crippen molar-refractivity contribution < 1.29 is 17.9 Å². The molecule has 6 nitrogen and oxygen atoms in total. The molecule has 0 radical (unpaired) electrons. The molecule has 138 valence electrons. The Hall–Kier alpha value is -1.44. The Kier molecular flexibility index (Phi) is 5.46. The average molecular weight is 366 g/mol. The molecule has 3 rings (SSSR count). The van der Waals surface area contributed by atoms with Crippen molar-refractivity contribution in [2.75, 3.05) is 13.7 Å². The van der Waals surface area contributed by atoms with E-state index < -0.39 is 10.0 Å². The van der Waals surface area contributed by atoms with Gasteiger partial charge in [-0.05, 0) is 56.4 Å². The number of nitrogens with zero attached hydrogens (tertiary/aromatic N) is 1. The maximum Gasteiger partial charge on any atom is 0.254 e. The van der Waals surface area contributed by atoms with Crippen molar-refractivity contribution in [3.8, 4) is 0 Å². The summed E-state index contributed by atoms with van der Waals surface area (Å²) in [6, 6.07) is 6.70. The fraction of sp³-hybridized carbons (Fsp3) is 0.611. The van der Waals surface area contributed by atoms with Crippen molar-refractivity contribution in [3.05, 3.63) is 29.8 Å². The number of ether oxygens (including phenoxy) is 1. The van der Waals surface area contributed by atoms with Crippen LogP contribution in [0, 0.1) is 0 Å². The highest BCUT2D eigenvalue weighted by molar-refractivity contribution is 7.89. The molecule has 2 aliphatic heterocycles. The van der Waals surface area contributed by atoms with Crippen LogP contribution in [0.1, 0.15) is 49.4 Å². The van der Waals surface area contributed by atoms with Crippen molar-refractivity contribution in [2.45, 2.75) is 62.1 Å². The van der Waals surface area contributed by atoms with E-state index in [9.17, 15) is 13.2 Å². The van der Waals surface area contributed by atoms with Gasteiger partial charge in [-0.2, -0.15) is 0 Å². The van der Waals surface area contributed by atoms with Gasteiger partial charge in [0.15, 0.2) is 0 Å². The number of carbonyl (C=O) groups is 1. The summed E-state index contributed by atoms with van der Waals surface area (Å²) in [4.78, 5) is 15.1. The summed E-state index contributed by atoms with van der Waals surface area (Å²) < 4.78 is 32.3. The molecule has 0 aromatic heterocycles. The third kappa shape index (κ3) is 3.73. The highest BCUT2D eigenvalue weighted by Gasteiger charge is 2.43. The number of nitrogens with one attached hydrogen (secondary N) is 1. The molecule has 2 aliphatic rings. The van der Waals surface area contributed by atoms with Crippen LogP contribution in [0.2, 0.25) is 0 Å². The largest absolute Gasteiger partial charge is 0.381 e. The molecule has 1 aromatic carbocycles. The van der Waals surface area contributed by atoms with E-state index in [1.54, 1.807) is 19.2 Å². The van der Waals surface area contributed by atoms with Crippen molar-refractivity contribution in [3.63, 3.8) is 0 Å². The normalized spacial score (nSPS) is 26.0. The highest BCUT2D eigenvalue weighted by Crippen LogP contribution is 2.37. The minimum atomic E-state index is -3.50. The molecule has 1 N–H and O–H groups in total. The molecule has 0 saturated carbocycles. The molecule has 3 atom stereocenters. The van der Waals surface area contributed by atoms with Gasteiger partial charge in [0.25, 0.3) is 5.91 Å². The van der Waals surface area contributed by atoms with E-state index in [0.29, 0.717) is 12.1 Å². The molecule has 0 aliphatic carbocycles. The van der Waals surface area contributed by atoms with E-state index in [0.717, 1.165) is 32.1 Å². The van der Waals surface area contributed by atoms with E-state index in [2.05, 4.69) is 4.72 Å². The van der Waals surface area contributed by atoms with Crippen LogP contribution >= 0.6 is 0 Å². The summed E-state index contributed by atoms with van der Waals surface area (Å²) in [5.74, 6) is -0.00693. The lowest BCUT2D eigenvalue weighted by molar-refractivity contribution is 0.00822. The summed E-state index contributed by atoms with van der Waals surface area (Å²) in [5.41, 5.74) is 0.544. The van der Waals surface area contributed by atoms with Crippen LogP contribution in [0.5, 0.6) is 0 Å². The molecule has 7 heteroatoms. The number of hydrogen-bond acceptors (Lipinski definition) is 4. The van der Waals surface area contributed by atoms with Crippen molar-refractivity contribution in [1.29, 1.82) is 0 Å². The van der Waals surface area contributed by atoms with Crippen LogP contribution in [0.25, 0.3) is 0 Å². The second kappa shape index (κ2) is 7.43. The van der Waals surface area contributed by atoms with Crippen LogP contribution in [-0.4, -0.2) is 51.1 Å². The zero-order valence-corrected chi connectivity index (χ0v) is 15.6. The van der Waals surface area contributed by atoms with Crippen LogP contribution < -0.4 is 4.72 Å². The molecular formula is C18H26N2O4S. The van der Waals surface area contributed by atoms with Gasteiger partial charge in [-0.1, -0.05) is 6.92 Å². The molecule has 2 bridgehead atoms. The number of hydrogen-bond donors (Lipinski definition) is 1. The number of carbonyl (C=O) groups excluding carboxylic acids is 1. The Balaban J connectivity index is 1.74. The van der Waals surface area contributed by atoms with Gasteiger partial charge < -0.3 is 9.64 Å². The third-order valence-corrected chi connectivity index (χ3v) is 6.69. The SMILES string of the molecule is CCCNS(=O)(=O)c1ccc(C(=O)N2[C@@H]3CC[C@H]2CC(OC)C3)cc1. The average Bonchev–Trinajstić information content (AvgIpc) is 2.89. The summed E-state index contributed by atoms with van der Waals surface area (Å²) in [6.07, 6.45) is 4.76. The smallest absolute Gasteiger partial charge is 0.254 e. The van der Waals surface area contributed by atoms with Crippen molar-refractivity contribution in [2.24, 2.45) is 0 Å². The van der Waals surface area contributed by atoms with Gasteiger partial charge in [0.2, 0.25) is 10.0 Å². The first-order valence-electron chi connectivity index (χ1n) is 8.91. The monoisotopic (exact) mass is 366 g/mol. The number of benzene rings is 1. The quantitative estimate of drug-likeness (QED) is 0.837. The molecule has 2 fully saturated rings. The van der Waals surface area contributed by atoms with Crippen LogP contribution in [0.3, 0.4) is 0 Å². The third-order valence-electron chi connectivity index (χ3n) is 5.21.